The van der Waals surface area contributed by atoms with Crippen LogP contribution < -0.4 is 11.1 Å². The van der Waals surface area contributed by atoms with Crippen LogP contribution >= 0.6 is 15.9 Å². The number of nitrogens with one attached hydrogen (secondary N) is 1. The Labute approximate surface area is 85.4 Å². The average molecular weight is 243 g/mol. The van der Waals surface area contributed by atoms with E-state index >= 15 is 0 Å². The molecule has 0 spiro atoms. The molecule has 0 radical (unpaired) electrons. The third-order valence-corrected chi connectivity index (χ3v) is 1.74. The van der Waals surface area contributed by atoms with Crippen molar-refractivity contribution in [2.45, 2.75) is 6.92 Å². The van der Waals surface area contributed by atoms with Crippen LogP contribution in [0.5, 0.6) is 0 Å². The lowest BCUT2D eigenvalue weighted by Crippen LogP contribution is -2.22. The van der Waals surface area contributed by atoms with Gasteiger partial charge in [-0.2, -0.15) is 0 Å². The number of halogens is 1. The minimum Gasteiger partial charge on any atom is -0.370 e. The van der Waals surface area contributed by atoms with Crippen molar-refractivity contribution >= 4 is 27.6 Å². The Morgan fingerprint density at radius 3 is 3.08 bits per heavy atom. The van der Waals surface area contributed by atoms with E-state index in [0.29, 0.717) is 12.5 Å². The highest BCUT2D eigenvalue weighted by atomic mass is 79.9. The summed E-state index contributed by atoms with van der Waals surface area (Å²) in [6.07, 6.45) is 3.39. The van der Waals surface area contributed by atoms with Gasteiger partial charge in [-0.1, -0.05) is 0 Å². The standard InChI is InChI=1S/C8H11BrN4/c1-2-12-8(10)13-7-3-6(9)4-11-5-7/h3-5H,2H2,1H3,(H3,10,12,13). The first-order valence-electron chi connectivity index (χ1n) is 3.90. The van der Waals surface area contributed by atoms with Gasteiger partial charge < -0.3 is 11.1 Å². The highest BCUT2D eigenvalue weighted by Gasteiger charge is 1.94. The SMILES string of the molecule is CCN=C(N)Nc1cncc(Br)c1. The maximum atomic E-state index is 5.56. The molecule has 0 fully saturated rings. The van der Waals surface area contributed by atoms with Gasteiger partial charge >= 0.3 is 0 Å². The van der Waals surface area contributed by atoms with Crippen LogP contribution in [0.1, 0.15) is 6.92 Å². The van der Waals surface area contributed by atoms with Gasteiger partial charge in [0.1, 0.15) is 0 Å². The first-order valence-corrected chi connectivity index (χ1v) is 4.69. The summed E-state index contributed by atoms with van der Waals surface area (Å²) in [6, 6.07) is 1.88. The number of hydrogen-bond donors (Lipinski definition) is 2. The molecule has 0 aliphatic rings. The number of nitrogens with two attached hydrogens (primary N) is 1. The van der Waals surface area contributed by atoms with Crippen LogP contribution in [-0.2, 0) is 0 Å². The molecule has 0 aromatic carbocycles. The van der Waals surface area contributed by atoms with E-state index in [4.69, 9.17) is 5.73 Å². The molecule has 1 heterocycles. The summed E-state index contributed by atoms with van der Waals surface area (Å²) in [5.41, 5.74) is 6.39. The van der Waals surface area contributed by atoms with E-state index in [2.05, 4.69) is 31.2 Å². The van der Waals surface area contributed by atoms with E-state index < -0.39 is 0 Å². The summed E-state index contributed by atoms with van der Waals surface area (Å²) in [4.78, 5) is 7.97. The van der Waals surface area contributed by atoms with E-state index in [-0.39, 0.29) is 0 Å². The molecule has 0 atom stereocenters. The van der Waals surface area contributed by atoms with Crippen LogP contribution in [-0.4, -0.2) is 17.5 Å². The van der Waals surface area contributed by atoms with E-state index in [9.17, 15) is 0 Å². The zero-order valence-electron chi connectivity index (χ0n) is 7.29. The molecule has 0 amide bonds. The lowest BCUT2D eigenvalue weighted by molar-refractivity contribution is 1.12. The van der Waals surface area contributed by atoms with Crippen LogP contribution in [0, 0.1) is 0 Å². The van der Waals surface area contributed by atoms with E-state index in [1.165, 1.54) is 0 Å². The molecule has 1 aromatic rings. The highest BCUT2D eigenvalue weighted by molar-refractivity contribution is 9.10. The molecule has 13 heavy (non-hydrogen) atoms. The fourth-order valence-electron chi connectivity index (χ4n) is 0.838. The van der Waals surface area contributed by atoms with Gasteiger partial charge in [-0.3, -0.25) is 9.98 Å². The third-order valence-electron chi connectivity index (χ3n) is 1.31. The Balaban J connectivity index is 2.69. The van der Waals surface area contributed by atoms with Gasteiger partial charge in [0.25, 0.3) is 0 Å². The van der Waals surface area contributed by atoms with Crippen molar-refractivity contribution in [3.05, 3.63) is 22.9 Å². The number of rotatable bonds is 2. The number of guanidine groups is 1. The fourth-order valence-corrected chi connectivity index (χ4v) is 1.20. The third kappa shape index (κ3) is 3.42. The van der Waals surface area contributed by atoms with E-state index in [0.717, 1.165) is 10.2 Å². The number of hydrogen-bond acceptors (Lipinski definition) is 2. The monoisotopic (exact) mass is 242 g/mol. The van der Waals surface area contributed by atoms with Crippen molar-refractivity contribution in [2.75, 3.05) is 11.9 Å². The zero-order valence-corrected chi connectivity index (χ0v) is 8.87. The Bertz CT molecular complexity index is 311. The summed E-state index contributed by atoms with van der Waals surface area (Å²) in [6.45, 7) is 2.59. The Hall–Kier alpha value is -1.10. The molecule has 3 N–H and O–H groups in total. The number of aliphatic imine (C=N–C) groups is 1. The lowest BCUT2D eigenvalue weighted by atomic mass is 10.4. The van der Waals surface area contributed by atoms with E-state index in [1.54, 1.807) is 12.4 Å². The quantitative estimate of drug-likeness (QED) is 0.612. The molecule has 0 unspecified atom stereocenters. The lowest BCUT2D eigenvalue weighted by Gasteiger charge is -2.04. The summed E-state index contributed by atoms with van der Waals surface area (Å²) >= 11 is 3.31. The fraction of sp³-hybridized carbons (Fsp3) is 0.250. The van der Waals surface area contributed by atoms with Crippen LogP contribution in [0.25, 0.3) is 0 Å². The molecule has 70 valence electrons. The van der Waals surface area contributed by atoms with Crippen LogP contribution in [0.2, 0.25) is 0 Å². The molecule has 1 rings (SSSR count). The molecule has 0 saturated carbocycles. The second kappa shape index (κ2) is 4.81. The second-order valence-corrected chi connectivity index (χ2v) is 3.29. The van der Waals surface area contributed by atoms with Gasteiger partial charge in [-0.05, 0) is 28.9 Å². The summed E-state index contributed by atoms with van der Waals surface area (Å²) < 4.78 is 0.904. The molecule has 1 aromatic heterocycles. The second-order valence-electron chi connectivity index (χ2n) is 2.38. The summed E-state index contributed by atoms with van der Waals surface area (Å²) in [5, 5.41) is 2.92. The van der Waals surface area contributed by atoms with Crippen LogP contribution in [0.15, 0.2) is 27.9 Å². The Morgan fingerprint density at radius 1 is 1.69 bits per heavy atom. The minimum atomic E-state index is 0.405. The molecular weight excluding hydrogens is 232 g/mol. The predicted molar refractivity (Wildman–Crippen MR) is 57.7 cm³/mol. The van der Waals surface area contributed by atoms with E-state index in [1.807, 2.05) is 13.0 Å². The topological polar surface area (TPSA) is 63.3 Å². The normalized spacial score (nSPS) is 11.4. The van der Waals surface area contributed by atoms with Gasteiger partial charge in [0.05, 0.1) is 11.9 Å². The molecule has 4 nitrogen and oxygen atoms in total. The smallest absolute Gasteiger partial charge is 0.193 e. The predicted octanol–water partition coefficient (Wildman–Crippen LogP) is 1.59. The molecular formula is C8H11BrN4. The Morgan fingerprint density at radius 2 is 2.46 bits per heavy atom. The van der Waals surface area contributed by atoms with Crippen LogP contribution in [0.3, 0.4) is 0 Å². The number of nitrogens with zero attached hydrogens (tertiary/aromatic N) is 2. The first kappa shape index (κ1) is 9.98. The average Bonchev–Trinajstić information content (AvgIpc) is 2.04. The first-order chi connectivity index (χ1) is 6.22. The number of aromatic nitrogens is 1. The zero-order chi connectivity index (χ0) is 9.68. The molecule has 0 saturated heterocycles. The maximum absolute atomic E-state index is 5.56. The number of pyridine rings is 1. The van der Waals surface area contributed by atoms with Gasteiger partial charge in [0.15, 0.2) is 5.96 Å². The molecule has 0 aliphatic carbocycles. The van der Waals surface area contributed by atoms with Crippen molar-refractivity contribution < 1.29 is 0 Å². The maximum Gasteiger partial charge on any atom is 0.193 e. The minimum absolute atomic E-state index is 0.405. The van der Waals surface area contributed by atoms with Crippen molar-refractivity contribution in [3.63, 3.8) is 0 Å². The van der Waals surface area contributed by atoms with Gasteiger partial charge in [-0.25, -0.2) is 0 Å². The Kier molecular flexibility index (Phi) is 3.70. The summed E-state index contributed by atoms with van der Waals surface area (Å²) in [5.74, 6) is 0.405. The van der Waals surface area contributed by atoms with Crippen molar-refractivity contribution in [2.24, 2.45) is 10.7 Å². The van der Waals surface area contributed by atoms with Crippen LogP contribution in [0.4, 0.5) is 5.69 Å². The number of anilines is 1. The van der Waals surface area contributed by atoms with Gasteiger partial charge in [0.2, 0.25) is 0 Å². The van der Waals surface area contributed by atoms with Crippen molar-refractivity contribution in [1.82, 2.24) is 4.98 Å². The molecule has 0 aliphatic heterocycles. The van der Waals surface area contributed by atoms with Gasteiger partial charge in [-0.15, -0.1) is 0 Å². The molecule has 0 bridgehead atoms. The van der Waals surface area contributed by atoms with Gasteiger partial charge in [0, 0.05) is 17.2 Å². The summed E-state index contributed by atoms with van der Waals surface area (Å²) in [7, 11) is 0. The molecule has 5 heteroatoms. The largest absolute Gasteiger partial charge is 0.370 e. The van der Waals surface area contributed by atoms with Crippen molar-refractivity contribution in [1.29, 1.82) is 0 Å². The highest BCUT2D eigenvalue weighted by Crippen LogP contribution is 2.12. The van der Waals surface area contributed by atoms with Crippen molar-refractivity contribution in [3.8, 4) is 0 Å².